The molecule has 2 N–H and O–H groups in total. The average molecular weight is 380 g/mol. The monoisotopic (exact) mass is 379 g/mol. The Morgan fingerprint density at radius 3 is 2.62 bits per heavy atom. The largest absolute Gasteiger partial charge is 0.357 e. The second kappa shape index (κ2) is 12.2. The van der Waals surface area contributed by atoms with E-state index in [4.69, 9.17) is 16.6 Å². The third-order valence-electron chi connectivity index (χ3n) is 4.74. The van der Waals surface area contributed by atoms with Gasteiger partial charge >= 0.3 is 0 Å². The minimum Gasteiger partial charge on any atom is -0.357 e. The molecule has 146 valence electrons. The van der Waals surface area contributed by atoms with E-state index < -0.39 is 0 Å². The van der Waals surface area contributed by atoms with Gasteiger partial charge in [0, 0.05) is 50.8 Å². The predicted molar refractivity (Wildman–Crippen MR) is 112 cm³/mol. The smallest absolute Gasteiger partial charge is 0.191 e. The average Bonchev–Trinajstić information content (AvgIpc) is 2.64. The Morgan fingerprint density at radius 2 is 1.88 bits per heavy atom. The molecular formula is C20H34ClN5. The van der Waals surface area contributed by atoms with Crippen LogP contribution in [0.3, 0.4) is 0 Å². The van der Waals surface area contributed by atoms with E-state index in [-0.39, 0.29) is 0 Å². The maximum Gasteiger partial charge on any atom is 0.191 e. The summed E-state index contributed by atoms with van der Waals surface area (Å²) >= 11 is 6.21. The van der Waals surface area contributed by atoms with Gasteiger partial charge in [0.15, 0.2) is 5.96 Å². The molecule has 2 rings (SSSR count). The Hall–Kier alpha value is -1.30. The summed E-state index contributed by atoms with van der Waals surface area (Å²) in [4.78, 5) is 9.66. The molecular weight excluding hydrogens is 346 g/mol. The van der Waals surface area contributed by atoms with Gasteiger partial charge in [-0.1, -0.05) is 29.8 Å². The molecule has 0 amide bonds. The van der Waals surface area contributed by atoms with Gasteiger partial charge in [-0.25, -0.2) is 0 Å². The Bertz CT molecular complexity index is 541. The molecule has 0 aliphatic carbocycles. The standard InChI is InChI=1S/C20H34ClN5/c1-3-22-20(24-12-10-18-8-4-5-9-19(18)21)23-11-6-7-13-26-16-14-25(2)15-17-26/h4-5,8-9H,3,6-7,10-17H2,1-2H3,(H2,22,23,24). The highest BCUT2D eigenvalue weighted by Gasteiger charge is 2.12. The first kappa shape index (κ1) is 21.0. The lowest BCUT2D eigenvalue weighted by atomic mass is 10.1. The quantitative estimate of drug-likeness (QED) is 0.393. The van der Waals surface area contributed by atoms with Crippen molar-refractivity contribution in [3.05, 3.63) is 34.9 Å². The van der Waals surface area contributed by atoms with Crippen molar-refractivity contribution >= 4 is 17.6 Å². The lowest BCUT2D eigenvalue weighted by Gasteiger charge is -2.32. The maximum absolute atomic E-state index is 6.21. The number of unbranched alkanes of at least 4 members (excludes halogenated alkanes) is 1. The van der Waals surface area contributed by atoms with Gasteiger partial charge in [0.1, 0.15) is 0 Å². The molecule has 0 saturated carbocycles. The molecule has 1 heterocycles. The molecule has 0 atom stereocenters. The highest BCUT2D eigenvalue weighted by molar-refractivity contribution is 6.31. The van der Waals surface area contributed by atoms with E-state index in [2.05, 4.69) is 40.5 Å². The molecule has 5 nitrogen and oxygen atoms in total. The van der Waals surface area contributed by atoms with Gasteiger partial charge in [-0.05, 0) is 51.4 Å². The topological polar surface area (TPSA) is 42.9 Å². The fourth-order valence-electron chi connectivity index (χ4n) is 3.07. The molecule has 1 fully saturated rings. The number of aliphatic imine (C=N–C) groups is 1. The van der Waals surface area contributed by atoms with Crippen LogP contribution < -0.4 is 10.6 Å². The van der Waals surface area contributed by atoms with Crippen LogP contribution in [0.15, 0.2) is 29.3 Å². The number of rotatable bonds is 9. The van der Waals surface area contributed by atoms with Crippen LogP contribution in [0.1, 0.15) is 25.3 Å². The summed E-state index contributed by atoms with van der Waals surface area (Å²) in [5, 5.41) is 7.56. The molecule has 1 saturated heterocycles. The molecule has 26 heavy (non-hydrogen) atoms. The number of nitrogens with one attached hydrogen (secondary N) is 2. The molecule has 1 aromatic rings. The van der Waals surface area contributed by atoms with Gasteiger partial charge in [-0.2, -0.15) is 0 Å². The van der Waals surface area contributed by atoms with Crippen molar-refractivity contribution < 1.29 is 0 Å². The van der Waals surface area contributed by atoms with Crippen LogP contribution in [-0.4, -0.2) is 75.2 Å². The second-order valence-electron chi connectivity index (χ2n) is 6.88. The lowest BCUT2D eigenvalue weighted by molar-refractivity contribution is 0.152. The first-order valence-electron chi connectivity index (χ1n) is 9.85. The van der Waals surface area contributed by atoms with E-state index in [1.165, 1.54) is 44.7 Å². The van der Waals surface area contributed by atoms with Crippen LogP contribution in [0.25, 0.3) is 0 Å². The predicted octanol–water partition coefficient (Wildman–Crippen LogP) is 2.47. The lowest BCUT2D eigenvalue weighted by Crippen LogP contribution is -2.44. The van der Waals surface area contributed by atoms with E-state index in [9.17, 15) is 0 Å². The number of halogens is 1. The van der Waals surface area contributed by atoms with Crippen molar-refractivity contribution in [2.24, 2.45) is 4.99 Å². The highest BCUT2D eigenvalue weighted by Crippen LogP contribution is 2.14. The Labute approximate surface area is 163 Å². The molecule has 0 unspecified atom stereocenters. The SMILES string of the molecule is CCNC(=NCCCCN1CCN(C)CC1)NCCc1ccccc1Cl. The van der Waals surface area contributed by atoms with E-state index in [1.807, 2.05) is 18.2 Å². The molecule has 1 aliphatic heterocycles. The van der Waals surface area contributed by atoms with Gasteiger partial charge in [-0.3, -0.25) is 4.99 Å². The zero-order valence-corrected chi connectivity index (χ0v) is 17.1. The Morgan fingerprint density at radius 1 is 1.12 bits per heavy atom. The fourth-order valence-corrected chi connectivity index (χ4v) is 3.30. The molecule has 0 bridgehead atoms. The fraction of sp³-hybridized carbons (Fsp3) is 0.650. The van der Waals surface area contributed by atoms with Gasteiger partial charge in [0.2, 0.25) is 0 Å². The summed E-state index contributed by atoms with van der Waals surface area (Å²) < 4.78 is 0. The summed E-state index contributed by atoms with van der Waals surface area (Å²) in [5.41, 5.74) is 1.17. The minimum absolute atomic E-state index is 0.830. The molecule has 6 heteroatoms. The zero-order valence-electron chi connectivity index (χ0n) is 16.3. The number of hydrogen-bond acceptors (Lipinski definition) is 3. The molecule has 0 spiro atoms. The van der Waals surface area contributed by atoms with Crippen molar-refractivity contribution in [3.63, 3.8) is 0 Å². The van der Waals surface area contributed by atoms with E-state index in [1.54, 1.807) is 0 Å². The summed E-state index contributed by atoms with van der Waals surface area (Å²) in [5.74, 6) is 0.902. The first-order chi connectivity index (χ1) is 12.7. The summed E-state index contributed by atoms with van der Waals surface area (Å²) in [6.45, 7) is 10.7. The summed E-state index contributed by atoms with van der Waals surface area (Å²) in [7, 11) is 2.20. The normalized spacial score (nSPS) is 16.7. The van der Waals surface area contributed by atoms with Crippen molar-refractivity contribution in [3.8, 4) is 0 Å². The Kier molecular flexibility index (Phi) is 9.82. The number of hydrogen-bond donors (Lipinski definition) is 2. The van der Waals surface area contributed by atoms with Gasteiger partial charge < -0.3 is 20.4 Å². The number of benzene rings is 1. The first-order valence-corrected chi connectivity index (χ1v) is 10.2. The highest BCUT2D eigenvalue weighted by atomic mass is 35.5. The molecule has 1 aliphatic rings. The third kappa shape index (κ3) is 7.94. The van der Waals surface area contributed by atoms with Crippen molar-refractivity contribution in [2.75, 3.05) is 59.4 Å². The van der Waals surface area contributed by atoms with Crippen LogP contribution >= 0.6 is 11.6 Å². The van der Waals surface area contributed by atoms with Crippen molar-refractivity contribution in [2.45, 2.75) is 26.2 Å². The van der Waals surface area contributed by atoms with Crippen LogP contribution in [0, 0.1) is 0 Å². The molecule has 0 radical (unpaired) electrons. The van der Waals surface area contributed by atoms with Gasteiger partial charge in [-0.15, -0.1) is 0 Å². The minimum atomic E-state index is 0.830. The van der Waals surface area contributed by atoms with Crippen LogP contribution in [0.2, 0.25) is 5.02 Å². The van der Waals surface area contributed by atoms with Gasteiger partial charge in [0.05, 0.1) is 0 Å². The van der Waals surface area contributed by atoms with E-state index >= 15 is 0 Å². The van der Waals surface area contributed by atoms with Gasteiger partial charge in [0.25, 0.3) is 0 Å². The van der Waals surface area contributed by atoms with Crippen LogP contribution in [0.5, 0.6) is 0 Å². The molecule has 0 aromatic heterocycles. The third-order valence-corrected chi connectivity index (χ3v) is 5.11. The Balaban J connectivity index is 1.63. The number of piperazine rings is 1. The van der Waals surface area contributed by atoms with Crippen molar-refractivity contribution in [1.82, 2.24) is 20.4 Å². The number of likely N-dealkylation sites (N-methyl/N-ethyl adjacent to an activating group) is 1. The van der Waals surface area contributed by atoms with E-state index in [0.717, 1.165) is 43.5 Å². The summed E-state index contributed by atoms with van der Waals surface area (Å²) in [6, 6.07) is 8.01. The summed E-state index contributed by atoms with van der Waals surface area (Å²) in [6.07, 6.45) is 3.24. The second-order valence-corrected chi connectivity index (χ2v) is 7.29. The van der Waals surface area contributed by atoms with E-state index in [0.29, 0.717) is 0 Å². The number of guanidine groups is 1. The van der Waals surface area contributed by atoms with Crippen LogP contribution in [0.4, 0.5) is 0 Å². The van der Waals surface area contributed by atoms with Crippen molar-refractivity contribution in [1.29, 1.82) is 0 Å². The number of nitrogens with zero attached hydrogens (tertiary/aromatic N) is 3. The zero-order chi connectivity index (χ0) is 18.6. The maximum atomic E-state index is 6.21. The molecule has 1 aromatic carbocycles. The van der Waals surface area contributed by atoms with Crippen LogP contribution in [-0.2, 0) is 6.42 Å².